The number of rotatable bonds is 8. The summed E-state index contributed by atoms with van der Waals surface area (Å²) in [5, 5.41) is 13.7. The number of hydrogen-bond acceptors (Lipinski definition) is 4. The largest absolute Gasteiger partial charge is 0.497 e. The van der Waals surface area contributed by atoms with Crippen LogP contribution in [0.1, 0.15) is 11.1 Å². The van der Waals surface area contributed by atoms with Crippen molar-refractivity contribution in [2.45, 2.75) is 5.60 Å². The van der Waals surface area contributed by atoms with Gasteiger partial charge in [0.15, 0.2) is 0 Å². The summed E-state index contributed by atoms with van der Waals surface area (Å²) in [4.78, 5) is 0. The van der Waals surface area contributed by atoms with E-state index in [0.29, 0.717) is 33.2 Å². The molecule has 0 aliphatic carbocycles. The summed E-state index contributed by atoms with van der Waals surface area (Å²) in [6.45, 7) is 0. The third-order valence-electron chi connectivity index (χ3n) is 5.93. The lowest BCUT2D eigenvalue weighted by molar-refractivity contribution is 0.105. The topological polar surface area (TPSA) is 55.8 Å². The molecule has 0 atom stereocenters. The van der Waals surface area contributed by atoms with E-state index >= 15 is 0 Å². The second kappa shape index (κ2) is 9.66. The molecular formula is C28H27O4P. The van der Waals surface area contributed by atoms with E-state index in [4.69, 9.17) is 9.47 Å². The smallest absolute Gasteiger partial charge is 0.146 e. The summed E-state index contributed by atoms with van der Waals surface area (Å²) >= 11 is 0. The van der Waals surface area contributed by atoms with Gasteiger partial charge in [0.05, 0.1) is 14.2 Å². The molecule has 168 valence electrons. The molecule has 0 aliphatic heterocycles. The van der Waals surface area contributed by atoms with Crippen molar-refractivity contribution in [2.24, 2.45) is 0 Å². The molecule has 0 aromatic heterocycles. The Labute approximate surface area is 194 Å². The van der Waals surface area contributed by atoms with E-state index in [2.05, 4.69) is 0 Å². The second-order valence-corrected chi connectivity index (χ2v) is 10.7. The SMILES string of the molecule is COc1ccc(C(O)(CP(=O)(c2ccccc2)c2ccccc2)c2ccc(OC)cc2)cc1. The van der Waals surface area contributed by atoms with Crippen LogP contribution in [-0.4, -0.2) is 25.5 Å². The molecule has 0 saturated heterocycles. The molecule has 0 aliphatic rings. The maximum absolute atomic E-state index is 14.8. The fraction of sp³-hybridized carbons (Fsp3) is 0.143. The second-order valence-electron chi connectivity index (χ2n) is 7.89. The summed E-state index contributed by atoms with van der Waals surface area (Å²) in [5.41, 5.74) is -0.235. The predicted molar refractivity (Wildman–Crippen MR) is 134 cm³/mol. The molecule has 4 aromatic rings. The Hall–Kier alpha value is -3.33. The van der Waals surface area contributed by atoms with Gasteiger partial charge in [0, 0.05) is 16.8 Å². The lowest BCUT2D eigenvalue weighted by atomic mass is 9.88. The molecule has 0 fully saturated rings. The van der Waals surface area contributed by atoms with E-state index in [9.17, 15) is 9.67 Å². The summed E-state index contributed by atoms with van der Waals surface area (Å²) in [6, 6.07) is 33.3. The van der Waals surface area contributed by atoms with Crippen LogP contribution in [0.15, 0.2) is 109 Å². The Morgan fingerprint density at radius 2 is 1.00 bits per heavy atom. The van der Waals surface area contributed by atoms with Crippen LogP contribution < -0.4 is 20.1 Å². The zero-order valence-electron chi connectivity index (χ0n) is 18.7. The number of aliphatic hydroxyl groups is 1. The minimum Gasteiger partial charge on any atom is -0.497 e. The average molecular weight is 458 g/mol. The van der Waals surface area contributed by atoms with Crippen LogP contribution in [0, 0.1) is 0 Å². The van der Waals surface area contributed by atoms with Gasteiger partial charge in [-0.1, -0.05) is 84.9 Å². The van der Waals surface area contributed by atoms with Crippen LogP contribution in [0.5, 0.6) is 11.5 Å². The molecule has 0 unspecified atom stereocenters. The molecule has 4 aromatic carbocycles. The minimum absolute atomic E-state index is 0.00663. The van der Waals surface area contributed by atoms with Crippen molar-refractivity contribution >= 4 is 17.8 Å². The van der Waals surface area contributed by atoms with Crippen molar-refractivity contribution in [3.8, 4) is 11.5 Å². The van der Waals surface area contributed by atoms with E-state index in [-0.39, 0.29) is 6.16 Å². The van der Waals surface area contributed by atoms with Crippen LogP contribution >= 0.6 is 7.14 Å². The Kier molecular flexibility index (Phi) is 6.69. The maximum atomic E-state index is 14.8. The zero-order valence-corrected chi connectivity index (χ0v) is 19.6. The number of methoxy groups -OCH3 is 2. The molecule has 4 rings (SSSR count). The predicted octanol–water partition coefficient (Wildman–Crippen LogP) is 4.95. The molecular weight excluding hydrogens is 431 g/mol. The van der Waals surface area contributed by atoms with Crippen LogP contribution in [-0.2, 0) is 10.2 Å². The number of hydrogen-bond donors (Lipinski definition) is 1. The van der Waals surface area contributed by atoms with Crippen molar-refractivity contribution in [1.82, 2.24) is 0 Å². The van der Waals surface area contributed by atoms with Crippen LogP contribution in [0.4, 0.5) is 0 Å². The van der Waals surface area contributed by atoms with Crippen LogP contribution in [0.2, 0.25) is 0 Å². The fourth-order valence-electron chi connectivity index (χ4n) is 4.07. The Morgan fingerprint density at radius 1 is 0.636 bits per heavy atom. The normalized spacial score (nSPS) is 11.7. The monoisotopic (exact) mass is 458 g/mol. The van der Waals surface area contributed by atoms with Crippen molar-refractivity contribution in [2.75, 3.05) is 20.4 Å². The van der Waals surface area contributed by atoms with Crippen LogP contribution in [0.25, 0.3) is 0 Å². The van der Waals surface area contributed by atoms with Gasteiger partial charge >= 0.3 is 0 Å². The van der Waals surface area contributed by atoms with E-state index < -0.39 is 12.7 Å². The van der Waals surface area contributed by atoms with E-state index in [1.54, 1.807) is 38.5 Å². The molecule has 0 bridgehead atoms. The molecule has 4 nitrogen and oxygen atoms in total. The molecule has 33 heavy (non-hydrogen) atoms. The van der Waals surface area contributed by atoms with Gasteiger partial charge in [-0.3, -0.25) is 0 Å². The quantitative estimate of drug-likeness (QED) is 0.380. The fourth-order valence-corrected chi connectivity index (χ4v) is 7.05. The molecule has 0 amide bonds. The minimum atomic E-state index is -3.23. The van der Waals surface area contributed by atoms with Gasteiger partial charge in [0.25, 0.3) is 0 Å². The van der Waals surface area contributed by atoms with Gasteiger partial charge in [-0.2, -0.15) is 0 Å². The molecule has 0 radical (unpaired) electrons. The molecule has 1 N–H and O–H groups in total. The first-order chi connectivity index (χ1) is 16.0. The molecule has 0 saturated carbocycles. The molecule has 5 heteroatoms. The lowest BCUT2D eigenvalue weighted by Crippen LogP contribution is -2.36. The van der Waals surface area contributed by atoms with Gasteiger partial charge in [-0.15, -0.1) is 0 Å². The van der Waals surface area contributed by atoms with E-state index in [1.807, 2.05) is 84.9 Å². The number of benzene rings is 4. The standard InChI is InChI=1S/C28H27O4P/c1-31-24-17-13-22(14-18-24)28(29,23-15-19-25(32-2)20-16-23)21-33(30,26-9-5-3-6-10-26)27-11-7-4-8-12-27/h3-20,29H,21H2,1-2H3. The van der Waals surface area contributed by atoms with Gasteiger partial charge in [-0.05, 0) is 35.4 Å². The number of ether oxygens (including phenoxy) is 2. The van der Waals surface area contributed by atoms with Gasteiger partial charge in [-0.25, -0.2) is 0 Å². The van der Waals surface area contributed by atoms with Crippen molar-refractivity contribution in [3.63, 3.8) is 0 Å². The van der Waals surface area contributed by atoms with Crippen molar-refractivity contribution in [1.29, 1.82) is 0 Å². The maximum Gasteiger partial charge on any atom is 0.146 e. The van der Waals surface area contributed by atoms with E-state index in [1.165, 1.54) is 0 Å². The highest BCUT2D eigenvalue weighted by Gasteiger charge is 2.41. The highest BCUT2D eigenvalue weighted by molar-refractivity contribution is 7.78. The molecule has 0 heterocycles. The first-order valence-electron chi connectivity index (χ1n) is 10.7. The lowest BCUT2D eigenvalue weighted by Gasteiger charge is -2.34. The first kappa shape index (κ1) is 22.8. The Morgan fingerprint density at radius 3 is 1.33 bits per heavy atom. The highest BCUT2D eigenvalue weighted by atomic mass is 31.2. The van der Waals surface area contributed by atoms with Crippen molar-refractivity contribution < 1.29 is 19.1 Å². The Bertz CT molecular complexity index is 1130. The summed E-state index contributed by atoms with van der Waals surface area (Å²) < 4.78 is 25.4. The summed E-state index contributed by atoms with van der Waals surface area (Å²) in [5.74, 6) is 1.37. The third kappa shape index (κ3) is 4.59. The summed E-state index contributed by atoms with van der Waals surface area (Å²) in [7, 11) is -0.0248. The molecule has 0 spiro atoms. The van der Waals surface area contributed by atoms with Gasteiger partial charge < -0.3 is 19.1 Å². The van der Waals surface area contributed by atoms with Gasteiger partial charge in [0.2, 0.25) is 0 Å². The van der Waals surface area contributed by atoms with Crippen LogP contribution in [0.3, 0.4) is 0 Å². The summed E-state index contributed by atoms with van der Waals surface area (Å²) in [6.07, 6.45) is 0.00663. The average Bonchev–Trinajstić information content (AvgIpc) is 2.89. The van der Waals surface area contributed by atoms with Crippen molar-refractivity contribution in [3.05, 3.63) is 120 Å². The highest BCUT2D eigenvalue weighted by Crippen LogP contribution is 2.50. The third-order valence-corrected chi connectivity index (χ3v) is 9.10. The first-order valence-corrected chi connectivity index (χ1v) is 12.6. The zero-order chi connectivity index (χ0) is 23.3. The van der Waals surface area contributed by atoms with E-state index in [0.717, 1.165) is 0 Å². The Balaban J connectivity index is 1.90. The van der Waals surface area contributed by atoms with Gasteiger partial charge in [0.1, 0.15) is 24.2 Å².